The molecular formula is C11H17N3O3. The number of ether oxygens (including phenoxy) is 1. The van der Waals surface area contributed by atoms with Gasteiger partial charge in [-0.25, -0.2) is 4.79 Å². The van der Waals surface area contributed by atoms with Crippen LogP contribution in [0.1, 0.15) is 23.8 Å². The molecule has 0 aliphatic rings. The largest absolute Gasteiger partial charge is 0.464 e. The highest BCUT2D eigenvalue weighted by Gasteiger charge is 2.07. The average molecular weight is 239 g/mol. The summed E-state index contributed by atoms with van der Waals surface area (Å²) in [4.78, 5) is 11.1. The lowest BCUT2D eigenvalue weighted by Gasteiger charge is -2.10. The van der Waals surface area contributed by atoms with Crippen molar-refractivity contribution < 1.29 is 14.6 Å². The highest BCUT2D eigenvalue weighted by atomic mass is 16.5. The molecule has 1 aromatic rings. The van der Waals surface area contributed by atoms with E-state index in [1.165, 1.54) is 7.11 Å². The molecule has 6 nitrogen and oxygen atoms in total. The van der Waals surface area contributed by atoms with Crippen molar-refractivity contribution >= 4 is 11.8 Å². The molecule has 0 aromatic carbocycles. The molecule has 0 amide bonds. The molecule has 6 heteroatoms. The molecule has 0 saturated heterocycles. The quantitative estimate of drug-likeness (QED) is 0.711. The molecule has 1 atom stereocenters. The molecule has 0 aliphatic heterocycles. The number of carbonyl (C=O) groups excluding carboxylic acids is 1. The van der Waals surface area contributed by atoms with E-state index in [2.05, 4.69) is 20.3 Å². The molecule has 0 saturated carbocycles. The number of aliphatic hydroxyl groups is 1. The van der Waals surface area contributed by atoms with Gasteiger partial charge in [0, 0.05) is 13.2 Å². The number of nitrogens with zero attached hydrogens (tertiary/aromatic N) is 2. The van der Waals surface area contributed by atoms with Crippen molar-refractivity contribution in [3.8, 4) is 0 Å². The van der Waals surface area contributed by atoms with Crippen LogP contribution in [0.5, 0.6) is 0 Å². The first-order valence-electron chi connectivity index (χ1n) is 5.44. The highest BCUT2D eigenvalue weighted by molar-refractivity contribution is 5.86. The van der Waals surface area contributed by atoms with E-state index in [1.54, 1.807) is 12.1 Å². The van der Waals surface area contributed by atoms with Gasteiger partial charge in [-0.1, -0.05) is 6.92 Å². The van der Waals surface area contributed by atoms with Gasteiger partial charge in [-0.2, -0.15) is 0 Å². The van der Waals surface area contributed by atoms with E-state index in [0.29, 0.717) is 18.3 Å². The van der Waals surface area contributed by atoms with Gasteiger partial charge in [-0.3, -0.25) is 0 Å². The van der Waals surface area contributed by atoms with Crippen LogP contribution in [-0.2, 0) is 4.74 Å². The van der Waals surface area contributed by atoms with Crippen LogP contribution in [0.15, 0.2) is 12.1 Å². The second-order valence-corrected chi connectivity index (χ2v) is 3.79. The van der Waals surface area contributed by atoms with Crippen molar-refractivity contribution in [1.29, 1.82) is 0 Å². The number of aromatic nitrogens is 2. The van der Waals surface area contributed by atoms with Gasteiger partial charge in [-0.15, -0.1) is 10.2 Å². The third kappa shape index (κ3) is 4.36. The first-order chi connectivity index (χ1) is 8.17. The van der Waals surface area contributed by atoms with Crippen LogP contribution in [-0.4, -0.2) is 41.5 Å². The fraction of sp³-hybridized carbons (Fsp3) is 0.545. The standard InChI is InChI=1S/C11H17N3O3/c1-8(5-6-15)7-12-10-4-3-9(13-14-10)11(16)17-2/h3-4,8,15H,5-7H2,1-2H3,(H,12,14). The number of rotatable bonds is 6. The second-order valence-electron chi connectivity index (χ2n) is 3.79. The number of esters is 1. The van der Waals surface area contributed by atoms with Gasteiger partial charge in [-0.05, 0) is 24.5 Å². The van der Waals surface area contributed by atoms with E-state index in [4.69, 9.17) is 5.11 Å². The van der Waals surface area contributed by atoms with E-state index >= 15 is 0 Å². The Morgan fingerprint density at radius 2 is 2.29 bits per heavy atom. The topological polar surface area (TPSA) is 84.3 Å². The summed E-state index contributed by atoms with van der Waals surface area (Å²) in [6, 6.07) is 3.22. The lowest BCUT2D eigenvalue weighted by molar-refractivity contribution is 0.0592. The van der Waals surface area contributed by atoms with Crippen LogP contribution in [0.3, 0.4) is 0 Å². The van der Waals surface area contributed by atoms with Gasteiger partial charge in [0.2, 0.25) is 0 Å². The van der Waals surface area contributed by atoms with Crippen molar-refractivity contribution in [2.24, 2.45) is 5.92 Å². The van der Waals surface area contributed by atoms with Gasteiger partial charge in [0.15, 0.2) is 5.69 Å². The second kappa shape index (κ2) is 6.80. The van der Waals surface area contributed by atoms with Crippen molar-refractivity contribution in [3.63, 3.8) is 0 Å². The summed E-state index contributed by atoms with van der Waals surface area (Å²) >= 11 is 0. The van der Waals surface area contributed by atoms with Crippen LogP contribution in [0, 0.1) is 5.92 Å². The fourth-order valence-corrected chi connectivity index (χ4v) is 1.24. The van der Waals surface area contributed by atoms with E-state index in [-0.39, 0.29) is 12.3 Å². The molecule has 1 rings (SSSR count). The number of methoxy groups -OCH3 is 1. The maximum atomic E-state index is 11.1. The Kier molecular flexibility index (Phi) is 5.35. The normalized spacial score (nSPS) is 11.9. The zero-order chi connectivity index (χ0) is 12.7. The molecule has 0 fully saturated rings. The van der Waals surface area contributed by atoms with Crippen LogP contribution >= 0.6 is 0 Å². The Labute approximate surface area is 100 Å². The minimum Gasteiger partial charge on any atom is -0.464 e. The van der Waals surface area contributed by atoms with E-state index in [1.807, 2.05) is 6.92 Å². The van der Waals surface area contributed by atoms with Crippen LogP contribution in [0.2, 0.25) is 0 Å². The molecule has 0 bridgehead atoms. The summed E-state index contributed by atoms with van der Waals surface area (Å²) in [5.41, 5.74) is 0.182. The Balaban J connectivity index is 2.48. The lowest BCUT2D eigenvalue weighted by atomic mass is 10.1. The minimum absolute atomic E-state index is 0.176. The van der Waals surface area contributed by atoms with Gasteiger partial charge in [0.25, 0.3) is 0 Å². The van der Waals surface area contributed by atoms with Crippen LogP contribution in [0.4, 0.5) is 5.82 Å². The molecular weight excluding hydrogens is 222 g/mol. The number of nitrogens with one attached hydrogen (secondary N) is 1. The summed E-state index contributed by atoms with van der Waals surface area (Å²) in [6.07, 6.45) is 0.737. The molecule has 1 aromatic heterocycles. The third-order valence-electron chi connectivity index (χ3n) is 2.31. The smallest absolute Gasteiger partial charge is 0.358 e. The van der Waals surface area contributed by atoms with Gasteiger partial charge >= 0.3 is 5.97 Å². The van der Waals surface area contributed by atoms with Crippen molar-refractivity contribution in [2.45, 2.75) is 13.3 Å². The fourth-order valence-electron chi connectivity index (χ4n) is 1.24. The minimum atomic E-state index is -0.502. The molecule has 1 unspecified atom stereocenters. The van der Waals surface area contributed by atoms with Crippen molar-refractivity contribution in [1.82, 2.24) is 10.2 Å². The number of aliphatic hydroxyl groups excluding tert-OH is 1. The highest BCUT2D eigenvalue weighted by Crippen LogP contribution is 2.06. The summed E-state index contributed by atoms with van der Waals surface area (Å²) in [7, 11) is 1.30. The first-order valence-corrected chi connectivity index (χ1v) is 5.44. The van der Waals surface area contributed by atoms with Gasteiger partial charge in [0.05, 0.1) is 7.11 Å². The molecule has 2 N–H and O–H groups in total. The predicted octanol–water partition coefficient (Wildman–Crippen LogP) is 0.694. The van der Waals surface area contributed by atoms with Crippen LogP contribution < -0.4 is 5.32 Å². The number of anilines is 1. The maximum Gasteiger partial charge on any atom is 0.358 e. The summed E-state index contributed by atoms with van der Waals surface area (Å²) in [5, 5.41) is 19.4. The predicted molar refractivity (Wildman–Crippen MR) is 62.7 cm³/mol. The molecule has 94 valence electrons. The lowest BCUT2D eigenvalue weighted by Crippen LogP contribution is -2.14. The number of hydrogen-bond acceptors (Lipinski definition) is 6. The van der Waals surface area contributed by atoms with Crippen molar-refractivity contribution in [2.75, 3.05) is 25.6 Å². The summed E-state index contributed by atoms with van der Waals surface area (Å²) < 4.78 is 4.52. The van der Waals surface area contributed by atoms with E-state index < -0.39 is 5.97 Å². The van der Waals surface area contributed by atoms with Crippen LogP contribution in [0.25, 0.3) is 0 Å². The van der Waals surface area contributed by atoms with E-state index in [9.17, 15) is 4.79 Å². The van der Waals surface area contributed by atoms with Gasteiger partial charge < -0.3 is 15.2 Å². The SMILES string of the molecule is COC(=O)c1ccc(NCC(C)CCO)nn1. The number of carbonyl (C=O) groups is 1. The third-order valence-corrected chi connectivity index (χ3v) is 2.31. The zero-order valence-electron chi connectivity index (χ0n) is 10.0. The molecule has 0 aliphatic carbocycles. The Bertz CT molecular complexity index is 353. The van der Waals surface area contributed by atoms with E-state index in [0.717, 1.165) is 6.42 Å². The Hall–Kier alpha value is -1.69. The first kappa shape index (κ1) is 13.4. The zero-order valence-corrected chi connectivity index (χ0v) is 10.0. The van der Waals surface area contributed by atoms with Crippen molar-refractivity contribution in [3.05, 3.63) is 17.8 Å². The summed E-state index contributed by atoms with van der Waals surface area (Å²) in [6.45, 7) is 2.90. The molecule has 17 heavy (non-hydrogen) atoms. The monoisotopic (exact) mass is 239 g/mol. The molecule has 1 heterocycles. The summed E-state index contributed by atoms with van der Waals surface area (Å²) in [5.74, 6) is 0.447. The van der Waals surface area contributed by atoms with Gasteiger partial charge in [0.1, 0.15) is 5.82 Å². The Morgan fingerprint density at radius 3 is 2.82 bits per heavy atom. The molecule has 0 radical (unpaired) electrons. The number of hydrogen-bond donors (Lipinski definition) is 2. The average Bonchev–Trinajstić information content (AvgIpc) is 2.36. The maximum absolute atomic E-state index is 11.1. The Morgan fingerprint density at radius 1 is 1.53 bits per heavy atom. The molecule has 0 spiro atoms.